The van der Waals surface area contributed by atoms with E-state index in [1.54, 1.807) is 29.7 Å². The van der Waals surface area contributed by atoms with E-state index in [2.05, 4.69) is 30.9 Å². The predicted molar refractivity (Wildman–Crippen MR) is 69.7 cm³/mol. The third-order valence-electron chi connectivity index (χ3n) is 2.37. The van der Waals surface area contributed by atoms with Crippen LogP contribution >= 0.6 is 11.3 Å². The van der Waals surface area contributed by atoms with E-state index in [0.29, 0.717) is 5.69 Å². The number of benzene rings is 1. The molecule has 0 aliphatic heterocycles. The van der Waals surface area contributed by atoms with Gasteiger partial charge >= 0.3 is 0 Å². The number of carbonyl (C=O) groups excluding carboxylic acids is 1. The van der Waals surface area contributed by atoms with Gasteiger partial charge in [-0.25, -0.2) is 4.98 Å². The Morgan fingerprint density at radius 1 is 1.26 bits per heavy atom. The summed E-state index contributed by atoms with van der Waals surface area (Å²) in [6, 6.07) is 7.39. The predicted octanol–water partition coefficient (Wildman–Crippen LogP) is 1.58. The summed E-state index contributed by atoms with van der Waals surface area (Å²) < 4.78 is 0. The first kappa shape index (κ1) is 11.5. The maximum absolute atomic E-state index is 11.7. The van der Waals surface area contributed by atoms with Crippen molar-refractivity contribution in [2.75, 3.05) is 5.32 Å². The van der Waals surface area contributed by atoms with Gasteiger partial charge in [0.05, 0.1) is 0 Å². The Bertz CT molecular complexity index is 662. The number of amides is 1. The molecule has 2 heterocycles. The Kier molecular flexibility index (Phi) is 2.99. The molecule has 0 radical (unpaired) electrons. The zero-order valence-electron chi connectivity index (χ0n) is 9.57. The standard InChI is InChI=1S/C11H8N6OS/c18-10(9-14-16-17-15-9)13-8-3-1-7(2-4-8)11-12-5-6-19-11/h1-6H,(H,13,18)(H,14,15,16,17). The first-order valence-electron chi connectivity index (χ1n) is 5.37. The Labute approximate surface area is 111 Å². The number of H-pyrrole nitrogens is 1. The second-order valence-electron chi connectivity index (χ2n) is 3.60. The molecule has 19 heavy (non-hydrogen) atoms. The monoisotopic (exact) mass is 272 g/mol. The lowest BCUT2D eigenvalue weighted by atomic mass is 10.2. The fourth-order valence-corrected chi connectivity index (χ4v) is 2.15. The molecule has 8 heteroatoms. The molecule has 0 bridgehead atoms. The summed E-state index contributed by atoms with van der Waals surface area (Å²) in [5.41, 5.74) is 1.67. The molecule has 0 spiro atoms. The van der Waals surface area contributed by atoms with Crippen molar-refractivity contribution in [3.63, 3.8) is 0 Å². The van der Waals surface area contributed by atoms with Gasteiger partial charge in [-0.15, -0.1) is 21.5 Å². The van der Waals surface area contributed by atoms with Gasteiger partial charge in [0.15, 0.2) is 0 Å². The van der Waals surface area contributed by atoms with Crippen LogP contribution in [0.4, 0.5) is 5.69 Å². The van der Waals surface area contributed by atoms with E-state index in [1.165, 1.54) is 0 Å². The number of hydrogen-bond acceptors (Lipinski definition) is 6. The van der Waals surface area contributed by atoms with E-state index >= 15 is 0 Å². The number of rotatable bonds is 3. The number of aromatic nitrogens is 5. The summed E-state index contributed by atoms with van der Waals surface area (Å²) in [4.78, 5) is 15.9. The summed E-state index contributed by atoms with van der Waals surface area (Å²) in [7, 11) is 0. The summed E-state index contributed by atoms with van der Waals surface area (Å²) in [5, 5.41) is 18.3. The van der Waals surface area contributed by atoms with Crippen LogP contribution in [-0.4, -0.2) is 31.5 Å². The highest BCUT2D eigenvalue weighted by atomic mass is 32.1. The molecule has 2 N–H and O–H groups in total. The van der Waals surface area contributed by atoms with Crippen LogP contribution in [0.3, 0.4) is 0 Å². The zero-order chi connectivity index (χ0) is 13.1. The molecule has 7 nitrogen and oxygen atoms in total. The maximum atomic E-state index is 11.7. The number of aromatic amines is 1. The summed E-state index contributed by atoms with van der Waals surface area (Å²) >= 11 is 1.56. The number of nitrogens with zero attached hydrogens (tertiary/aromatic N) is 4. The Morgan fingerprint density at radius 3 is 2.74 bits per heavy atom. The van der Waals surface area contributed by atoms with Gasteiger partial charge in [-0.1, -0.05) is 0 Å². The molecule has 0 aliphatic rings. The number of hydrogen-bond donors (Lipinski definition) is 2. The van der Waals surface area contributed by atoms with Crippen LogP contribution in [-0.2, 0) is 0 Å². The molecular weight excluding hydrogens is 264 g/mol. The van der Waals surface area contributed by atoms with Gasteiger partial charge in [0.25, 0.3) is 11.7 Å². The molecule has 0 unspecified atom stereocenters. The van der Waals surface area contributed by atoms with Gasteiger partial charge in [-0.05, 0) is 29.5 Å². The van der Waals surface area contributed by atoms with Crippen molar-refractivity contribution in [3.05, 3.63) is 41.7 Å². The van der Waals surface area contributed by atoms with Crippen molar-refractivity contribution >= 4 is 22.9 Å². The van der Waals surface area contributed by atoms with Crippen molar-refractivity contribution < 1.29 is 4.79 Å². The van der Waals surface area contributed by atoms with Gasteiger partial charge in [0.2, 0.25) is 0 Å². The quantitative estimate of drug-likeness (QED) is 0.754. The lowest BCUT2D eigenvalue weighted by molar-refractivity contribution is 0.101. The van der Waals surface area contributed by atoms with Crippen LogP contribution in [0.2, 0.25) is 0 Å². The second-order valence-corrected chi connectivity index (χ2v) is 4.50. The number of thiazole rings is 1. The van der Waals surface area contributed by atoms with Crippen molar-refractivity contribution in [2.24, 2.45) is 0 Å². The largest absolute Gasteiger partial charge is 0.319 e. The molecule has 94 valence electrons. The molecular formula is C11H8N6OS. The first-order valence-corrected chi connectivity index (χ1v) is 6.25. The number of carbonyl (C=O) groups is 1. The minimum absolute atomic E-state index is 0.00370. The first-order chi connectivity index (χ1) is 9.33. The molecule has 0 saturated heterocycles. The molecule has 1 amide bonds. The average Bonchev–Trinajstić information content (AvgIpc) is 3.13. The topological polar surface area (TPSA) is 96.5 Å². The van der Waals surface area contributed by atoms with Crippen LogP contribution < -0.4 is 5.32 Å². The number of nitrogens with one attached hydrogen (secondary N) is 2. The second kappa shape index (κ2) is 4.94. The highest BCUT2D eigenvalue weighted by Gasteiger charge is 2.10. The summed E-state index contributed by atoms with van der Waals surface area (Å²) in [5.74, 6) is -0.403. The van der Waals surface area contributed by atoms with Crippen molar-refractivity contribution in [3.8, 4) is 10.6 Å². The van der Waals surface area contributed by atoms with Crippen molar-refractivity contribution in [1.29, 1.82) is 0 Å². The third kappa shape index (κ3) is 2.47. The van der Waals surface area contributed by atoms with E-state index in [0.717, 1.165) is 10.6 Å². The molecule has 3 aromatic rings. The van der Waals surface area contributed by atoms with Crippen LogP contribution in [0.5, 0.6) is 0 Å². The van der Waals surface area contributed by atoms with E-state index in [-0.39, 0.29) is 5.82 Å². The summed E-state index contributed by atoms with van der Waals surface area (Å²) in [6.07, 6.45) is 1.76. The van der Waals surface area contributed by atoms with Crippen LogP contribution in [0.15, 0.2) is 35.8 Å². The average molecular weight is 272 g/mol. The Balaban J connectivity index is 1.75. The van der Waals surface area contributed by atoms with Crippen LogP contribution in [0.25, 0.3) is 10.6 Å². The highest BCUT2D eigenvalue weighted by Crippen LogP contribution is 2.23. The molecule has 0 aliphatic carbocycles. The van der Waals surface area contributed by atoms with Crippen molar-refractivity contribution in [2.45, 2.75) is 0 Å². The van der Waals surface area contributed by atoms with Gasteiger partial charge < -0.3 is 5.32 Å². The summed E-state index contributed by atoms with van der Waals surface area (Å²) in [6.45, 7) is 0. The van der Waals surface area contributed by atoms with Gasteiger partial charge in [-0.3, -0.25) is 4.79 Å². The number of anilines is 1. The van der Waals surface area contributed by atoms with E-state index < -0.39 is 5.91 Å². The van der Waals surface area contributed by atoms with Crippen LogP contribution in [0, 0.1) is 0 Å². The lowest BCUT2D eigenvalue weighted by Crippen LogP contribution is -2.13. The Hall–Kier alpha value is -2.61. The minimum atomic E-state index is -0.407. The molecule has 0 atom stereocenters. The molecule has 3 rings (SSSR count). The zero-order valence-corrected chi connectivity index (χ0v) is 10.4. The Morgan fingerprint density at radius 2 is 2.11 bits per heavy atom. The minimum Gasteiger partial charge on any atom is -0.319 e. The smallest absolute Gasteiger partial charge is 0.297 e. The van der Waals surface area contributed by atoms with Crippen LogP contribution in [0.1, 0.15) is 10.6 Å². The molecule has 1 aromatic carbocycles. The lowest BCUT2D eigenvalue weighted by Gasteiger charge is -2.03. The number of tetrazole rings is 1. The molecule has 0 saturated carbocycles. The van der Waals surface area contributed by atoms with Gasteiger partial charge in [0.1, 0.15) is 5.01 Å². The fourth-order valence-electron chi connectivity index (χ4n) is 1.51. The van der Waals surface area contributed by atoms with Gasteiger partial charge in [-0.2, -0.15) is 5.21 Å². The SMILES string of the molecule is O=C(Nc1ccc(-c2nccs2)cc1)c1nn[nH]n1. The normalized spacial score (nSPS) is 10.3. The highest BCUT2D eigenvalue weighted by molar-refractivity contribution is 7.13. The molecule has 0 fully saturated rings. The van der Waals surface area contributed by atoms with Gasteiger partial charge in [0, 0.05) is 22.8 Å². The van der Waals surface area contributed by atoms with E-state index in [4.69, 9.17) is 0 Å². The van der Waals surface area contributed by atoms with E-state index in [9.17, 15) is 4.79 Å². The fraction of sp³-hybridized carbons (Fsp3) is 0. The third-order valence-corrected chi connectivity index (χ3v) is 3.19. The maximum Gasteiger partial charge on any atom is 0.297 e. The van der Waals surface area contributed by atoms with E-state index in [1.807, 2.05) is 17.5 Å². The molecule has 2 aromatic heterocycles. The van der Waals surface area contributed by atoms with Crippen molar-refractivity contribution in [1.82, 2.24) is 25.6 Å².